The maximum Gasteiger partial charge on any atom is 0.263 e. The number of carbonyl (C=O) groups excluding carboxylic acids is 1. The van der Waals surface area contributed by atoms with E-state index in [1.165, 1.54) is 11.3 Å². The first-order valence-corrected chi connectivity index (χ1v) is 8.79. The van der Waals surface area contributed by atoms with Crippen molar-refractivity contribution < 1.29 is 4.79 Å². The van der Waals surface area contributed by atoms with Crippen LogP contribution < -0.4 is 10.6 Å². The lowest BCUT2D eigenvalue weighted by molar-refractivity contribution is 0.0958. The third-order valence-electron chi connectivity index (χ3n) is 3.03. The summed E-state index contributed by atoms with van der Waals surface area (Å²) in [4.78, 5) is 25.5. The summed E-state index contributed by atoms with van der Waals surface area (Å²) in [6.45, 7) is 2.91. The van der Waals surface area contributed by atoms with E-state index in [0.717, 1.165) is 16.3 Å². The molecule has 0 bridgehead atoms. The van der Waals surface area contributed by atoms with E-state index in [1.807, 2.05) is 23.8 Å². The molecule has 0 aliphatic heterocycles. The molecule has 0 saturated carbocycles. The molecule has 3 aromatic heterocycles. The van der Waals surface area contributed by atoms with Crippen LogP contribution in [0.5, 0.6) is 0 Å². The van der Waals surface area contributed by atoms with Gasteiger partial charge in [0.25, 0.3) is 5.91 Å². The molecule has 0 aliphatic rings. The Kier molecular flexibility index (Phi) is 4.94. The van der Waals surface area contributed by atoms with Crippen LogP contribution in [-0.2, 0) is 0 Å². The number of thiazole rings is 1. The molecule has 1 amide bonds. The van der Waals surface area contributed by atoms with Crippen LogP contribution in [0.4, 0.5) is 5.95 Å². The summed E-state index contributed by atoms with van der Waals surface area (Å²) in [5, 5.41) is 10.8. The van der Waals surface area contributed by atoms with E-state index in [-0.39, 0.29) is 5.91 Å². The highest BCUT2D eigenvalue weighted by Gasteiger charge is 2.15. The Morgan fingerprint density at radius 2 is 2.09 bits per heavy atom. The van der Waals surface area contributed by atoms with Gasteiger partial charge in [0.2, 0.25) is 5.95 Å². The Hall–Kier alpha value is -2.32. The summed E-state index contributed by atoms with van der Waals surface area (Å²) < 4.78 is 0. The first-order valence-electron chi connectivity index (χ1n) is 7.03. The van der Waals surface area contributed by atoms with E-state index < -0.39 is 0 Å². The van der Waals surface area contributed by atoms with Gasteiger partial charge in [0.1, 0.15) is 9.88 Å². The van der Waals surface area contributed by atoms with Crippen LogP contribution in [0.3, 0.4) is 0 Å². The van der Waals surface area contributed by atoms with Crippen molar-refractivity contribution in [2.45, 2.75) is 6.92 Å². The van der Waals surface area contributed by atoms with E-state index >= 15 is 0 Å². The van der Waals surface area contributed by atoms with E-state index in [4.69, 9.17) is 0 Å². The van der Waals surface area contributed by atoms with Crippen molar-refractivity contribution in [3.8, 4) is 10.6 Å². The lowest BCUT2D eigenvalue weighted by Gasteiger charge is -2.05. The number of hydrogen-bond donors (Lipinski definition) is 2. The van der Waals surface area contributed by atoms with Crippen molar-refractivity contribution >= 4 is 34.5 Å². The number of aryl methyl sites for hydroxylation is 1. The fraction of sp³-hybridized carbons (Fsp3) is 0.200. The Morgan fingerprint density at radius 1 is 1.26 bits per heavy atom. The number of thiophene rings is 1. The molecule has 3 rings (SSSR count). The van der Waals surface area contributed by atoms with Gasteiger partial charge in [-0.3, -0.25) is 4.79 Å². The van der Waals surface area contributed by atoms with E-state index in [0.29, 0.717) is 23.9 Å². The third-order valence-corrected chi connectivity index (χ3v) is 4.92. The minimum Gasteiger partial charge on any atom is -0.352 e. The molecule has 0 spiro atoms. The summed E-state index contributed by atoms with van der Waals surface area (Å²) >= 11 is 3.04. The molecule has 23 heavy (non-hydrogen) atoms. The largest absolute Gasteiger partial charge is 0.352 e. The molecule has 0 aliphatic carbocycles. The Morgan fingerprint density at radius 3 is 2.83 bits per heavy atom. The van der Waals surface area contributed by atoms with Crippen LogP contribution in [0.1, 0.15) is 15.4 Å². The highest BCUT2D eigenvalue weighted by molar-refractivity contribution is 7.17. The average Bonchev–Trinajstić information content (AvgIpc) is 3.21. The molecule has 118 valence electrons. The zero-order chi connectivity index (χ0) is 16.1. The lowest BCUT2D eigenvalue weighted by atomic mass is 10.3. The van der Waals surface area contributed by atoms with Crippen LogP contribution >= 0.6 is 22.7 Å². The molecular weight excluding hydrogens is 330 g/mol. The van der Waals surface area contributed by atoms with Gasteiger partial charge in [-0.15, -0.1) is 11.3 Å². The van der Waals surface area contributed by atoms with Crippen molar-refractivity contribution in [2.75, 3.05) is 18.4 Å². The molecule has 3 heterocycles. The van der Waals surface area contributed by atoms with E-state index in [9.17, 15) is 4.79 Å². The van der Waals surface area contributed by atoms with Crippen LogP contribution in [-0.4, -0.2) is 33.9 Å². The van der Waals surface area contributed by atoms with Crippen molar-refractivity contribution in [1.29, 1.82) is 0 Å². The molecule has 0 unspecified atom stereocenters. The zero-order valence-electron chi connectivity index (χ0n) is 12.4. The fourth-order valence-corrected chi connectivity index (χ4v) is 3.63. The molecule has 0 fully saturated rings. The molecule has 2 N–H and O–H groups in total. The van der Waals surface area contributed by atoms with Crippen molar-refractivity contribution in [2.24, 2.45) is 0 Å². The van der Waals surface area contributed by atoms with Gasteiger partial charge in [-0.25, -0.2) is 15.0 Å². The highest BCUT2D eigenvalue weighted by Crippen LogP contribution is 2.29. The molecule has 0 radical (unpaired) electrons. The summed E-state index contributed by atoms with van der Waals surface area (Å²) in [6, 6.07) is 3.76. The second-order valence-electron chi connectivity index (χ2n) is 4.70. The number of nitrogens with one attached hydrogen (secondary N) is 2. The van der Waals surface area contributed by atoms with Gasteiger partial charge in [0, 0.05) is 36.4 Å². The van der Waals surface area contributed by atoms with Crippen molar-refractivity contribution in [1.82, 2.24) is 20.3 Å². The van der Waals surface area contributed by atoms with Crippen molar-refractivity contribution in [3.63, 3.8) is 0 Å². The topological polar surface area (TPSA) is 79.8 Å². The van der Waals surface area contributed by atoms with E-state index in [1.54, 1.807) is 29.8 Å². The first kappa shape index (κ1) is 15.6. The summed E-state index contributed by atoms with van der Waals surface area (Å²) in [6.07, 6.45) is 3.33. The second-order valence-corrected chi connectivity index (χ2v) is 6.48. The molecule has 0 saturated heterocycles. The number of nitrogens with zero attached hydrogens (tertiary/aromatic N) is 3. The number of rotatable bonds is 6. The minimum absolute atomic E-state index is 0.0998. The minimum atomic E-state index is -0.0998. The molecular formula is C15H15N5OS2. The van der Waals surface area contributed by atoms with Gasteiger partial charge < -0.3 is 10.6 Å². The number of anilines is 1. The van der Waals surface area contributed by atoms with Crippen LogP contribution in [0.25, 0.3) is 10.6 Å². The van der Waals surface area contributed by atoms with Crippen LogP contribution in [0.15, 0.2) is 35.3 Å². The predicted octanol–water partition coefficient (Wildman–Crippen LogP) is 2.81. The standard InChI is InChI=1S/C15H15N5OS2/c1-10-12(23-14(20-10)11-3-8-22-9-11)13(21)16-6-7-19-15-17-4-2-5-18-15/h2-5,8-9H,6-7H2,1H3,(H,16,21)(H,17,18,19). The SMILES string of the molecule is Cc1nc(-c2ccsc2)sc1C(=O)NCCNc1ncccn1. The number of aromatic nitrogens is 3. The first-order chi connectivity index (χ1) is 11.2. The highest BCUT2D eigenvalue weighted by atomic mass is 32.1. The van der Waals surface area contributed by atoms with Gasteiger partial charge in [-0.1, -0.05) is 0 Å². The summed E-state index contributed by atoms with van der Waals surface area (Å²) in [5.74, 6) is 0.452. The molecule has 3 aromatic rings. The summed E-state index contributed by atoms with van der Waals surface area (Å²) in [5.41, 5.74) is 1.82. The average molecular weight is 345 g/mol. The number of carbonyl (C=O) groups is 1. The molecule has 0 atom stereocenters. The van der Waals surface area contributed by atoms with Crippen LogP contribution in [0, 0.1) is 6.92 Å². The quantitative estimate of drug-likeness (QED) is 0.672. The maximum absolute atomic E-state index is 12.3. The summed E-state index contributed by atoms with van der Waals surface area (Å²) in [7, 11) is 0. The van der Waals surface area contributed by atoms with Crippen LogP contribution in [0.2, 0.25) is 0 Å². The molecule has 0 aromatic carbocycles. The normalized spacial score (nSPS) is 10.5. The van der Waals surface area contributed by atoms with Gasteiger partial charge in [-0.2, -0.15) is 11.3 Å². The monoisotopic (exact) mass is 345 g/mol. The maximum atomic E-state index is 12.3. The predicted molar refractivity (Wildman–Crippen MR) is 93.0 cm³/mol. The third kappa shape index (κ3) is 3.91. The molecule has 8 heteroatoms. The Labute approximate surface area is 141 Å². The second kappa shape index (κ2) is 7.30. The Balaban J connectivity index is 1.54. The number of amides is 1. The zero-order valence-corrected chi connectivity index (χ0v) is 14.1. The van der Waals surface area contributed by atoms with Gasteiger partial charge in [-0.05, 0) is 24.4 Å². The number of hydrogen-bond acceptors (Lipinski definition) is 7. The lowest BCUT2D eigenvalue weighted by Crippen LogP contribution is -2.28. The van der Waals surface area contributed by atoms with Gasteiger partial charge in [0.15, 0.2) is 0 Å². The van der Waals surface area contributed by atoms with Crippen molar-refractivity contribution in [3.05, 3.63) is 45.9 Å². The fourth-order valence-electron chi connectivity index (χ4n) is 1.94. The van der Waals surface area contributed by atoms with Gasteiger partial charge >= 0.3 is 0 Å². The Bertz CT molecular complexity index is 771. The van der Waals surface area contributed by atoms with E-state index in [2.05, 4.69) is 25.6 Å². The van der Waals surface area contributed by atoms with Gasteiger partial charge in [0.05, 0.1) is 5.69 Å². The molecule has 6 nitrogen and oxygen atoms in total. The smallest absolute Gasteiger partial charge is 0.263 e.